The fourth-order valence-electron chi connectivity index (χ4n) is 3.15. The highest BCUT2D eigenvalue weighted by Gasteiger charge is 2.30. The van der Waals surface area contributed by atoms with Gasteiger partial charge in [-0.25, -0.2) is 9.97 Å². The van der Waals surface area contributed by atoms with Crippen molar-refractivity contribution in [3.8, 4) is 0 Å². The molecule has 0 radical (unpaired) electrons. The van der Waals surface area contributed by atoms with E-state index >= 15 is 0 Å². The lowest BCUT2D eigenvalue weighted by atomic mass is 10.2. The molecule has 6 nitrogen and oxygen atoms in total. The summed E-state index contributed by atoms with van der Waals surface area (Å²) in [6.07, 6.45) is -2.99. The van der Waals surface area contributed by atoms with Gasteiger partial charge in [0.15, 0.2) is 10.8 Å². The summed E-state index contributed by atoms with van der Waals surface area (Å²) in [5, 5.41) is 3.09. The summed E-state index contributed by atoms with van der Waals surface area (Å²) in [6.45, 7) is 0.245. The van der Waals surface area contributed by atoms with Crippen LogP contribution in [0.3, 0.4) is 0 Å². The summed E-state index contributed by atoms with van der Waals surface area (Å²) in [4.78, 5) is 34.1. The van der Waals surface area contributed by atoms with E-state index in [2.05, 4.69) is 15.3 Å². The smallest absolute Gasteiger partial charge is 0.325 e. The molecule has 2 heterocycles. The Morgan fingerprint density at radius 1 is 1.03 bits per heavy atom. The van der Waals surface area contributed by atoms with Gasteiger partial charge in [-0.1, -0.05) is 48.2 Å². The van der Waals surface area contributed by atoms with Crippen LogP contribution in [0.15, 0.2) is 82.9 Å². The monoisotopic (exact) mass is 470 g/mol. The average molecular weight is 470 g/mol. The van der Waals surface area contributed by atoms with Gasteiger partial charge in [0.05, 0.1) is 23.2 Å². The number of nitrogens with zero attached hydrogens (tertiary/aromatic N) is 3. The molecule has 4 aromatic rings. The number of thioether (sulfide) groups is 1. The molecule has 0 aliphatic heterocycles. The topological polar surface area (TPSA) is 76.9 Å². The number of carbonyl (C=O) groups excluding carboxylic acids is 1. The van der Waals surface area contributed by atoms with Crippen molar-refractivity contribution in [1.82, 2.24) is 14.5 Å². The van der Waals surface area contributed by atoms with Crippen molar-refractivity contribution in [1.29, 1.82) is 0 Å². The van der Waals surface area contributed by atoms with Gasteiger partial charge in [-0.05, 0) is 35.9 Å². The van der Waals surface area contributed by atoms with Crippen molar-refractivity contribution in [2.24, 2.45) is 0 Å². The molecule has 0 spiro atoms. The zero-order valence-electron chi connectivity index (χ0n) is 17.0. The third kappa shape index (κ3) is 5.40. The number of anilines is 1. The molecule has 0 bridgehead atoms. The number of amides is 1. The number of benzene rings is 2. The third-order valence-corrected chi connectivity index (χ3v) is 5.66. The van der Waals surface area contributed by atoms with Crippen LogP contribution in [0, 0.1) is 0 Å². The first-order valence-corrected chi connectivity index (χ1v) is 10.8. The van der Waals surface area contributed by atoms with Gasteiger partial charge < -0.3 is 5.32 Å². The van der Waals surface area contributed by atoms with Crippen LogP contribution in [-0.2, 0) is 17.5 Å². The number of halogens is 3. The zero-order chi connectivity index (χ0) is 23.4. The summed E-state index contributed by atoms with van der Waals surface area (Å²) in [7, 11) is 0. The fourth-order valence-corrected chi connectivity index (χ4v) is 3.94. The summed E-state index contributed by atoms with van der Waals surface area (Å²) in [5.41, 5.74) is 0.0161. The number of hydrogen-bond donors (Lipinski definition) is 1. The van der Waals surface area contributed by atoms with Gasteiger partial charge in [-0.3, -0.25) is 14.2 Å². The highest BCUT2D eigenvalue weighted by Crippen LogP contribution is 2.30. The number of carbonyl (C=O) groups is 1. The first-order chi connectivity index (χ1) is 15.8. The molecule has 4 rings (SSSR count). The van der Waals surface area contributed by atoms with Crippen LogP contribution in [0.5, 0.6) is 0 Å². The second-order valence-electron chi connectivity index (χ2n) is 7.06. The van der Waals surface area contributed by atoms with Crippen LogP contribution < -0.4 is 10.9 Å². The van der Waals surface area contributed by atoms with Gasteiger partial charge in [-0.15, -0.1) is 0 Å². The molecular formula is C23H17F3N4O2S. The van der Waals surface area contributed by atoms with Crippen LogP contribution in [-0.4, -0.2) is 26.2 Å². The van der Waals surface area contributed by atoms with E-state index in [0.717, 1.165) is 29.5 Å². The number of alkyl halides is 3. The van der Waals surface area contributed by atoms with Gasteiger partial charge in [0, 0.05) is 11.9 Å². The van der Waals surface area contributed by atoms with E-state index in [0.29, 0.717) is 5.39 Å². The molecule has 2 aromatic heterocycles. The maximum atomic E-state index is 13.1. The molecule has 10 heteroatoms. The first kappa shape index (κ1) is 22.5. The van der Waals surface area contributed by atoms with Crippen molar-refractivity contribution < 1.29 is 18.0 Å². The third-order valence-electron chi connectivity index (χ3n) is 4.68. The van der Waals surface area contributed by atoms with Gasteiger partial charge in [0.25, 0.3) is 5.56 Å². The van der Waals surface area contributed by atoms with Gasteiger partial charge in [0.2, 0.25) is 5.91 Å². The molecule has 33 heavy (non-hydrogen) atoms. The van der Waals surface area contributed by atoms with E-state index in [1.54, 1.807) is 12.1 Å². The fraction of sp³-hybridized carbons (Fsp3) is 0.130. The van der Waals surface area contributed by atoms with Crippen LogP contribution in [0.1, 0.15) is 11.1 Å². The Hall–Kier alpha value is -3.66. The molecule has 2 aromatic carbocycles. The molecular weight excluding hydrogens is 453 g/mol. The highest BCUT2D eigenvalue weighted by atomic mass is 32.2. The van der Waals surface area contributed by atoms with Gasteiger partial charge in [-0.2, -0.15) is 13.2 Å². The van der Waals surface area contributed by atoms with Gasteiger partial charge in [0.1, 0.15) is 0 Å². The van der Waals surface area contributed by atoms with E-state index in [9.17, 15) is 22.8 Å². The van der Waals surface area contributed by atoms with E-state index < -0.39 is 17.6 Å². The maximum absolute atomic E-state index is 13.1. The maximum Gasteiger partial charge on any atom is 0.416 e. The van der Waals surface area contributed by atoms with Crippen LogP contribution in [0.25, 0.3) is 11.0 Å². The molecule has 168 valence electrons. The summed E-state index contributed by atoms with van der Waals surface area (Å²) >= 11 is 1.01. The predicted molar refractivity (Wildman–Crippen MR) is 120 cm³/mol. The molecule has 0 saturated carbocycles. The quantitative estimate of drug-likeness (QED) is 0.330. The lowest BCUT2D eigenvalue weighted by Crippen LogP contribution is -2.25. The Morgan fingerprint density at radius 3 is 2.58 bits per heavy atom. The SMILES string of the molecule is O=C(CSc1nc2ncccc2c(=O)n1Cc1ccccc1)Nc1cccc(C(F)(F)F)c1. The van der Waals surface area contributed by atoms with Crippen molar-refractivity contribution in [3.63, 3.8) is 0 Å². The molecule has 0 aliphatic rings. The number of nitrogens with one attached hydrogen (secondary N) is 1. The Kier molecular flexibility index (Phi) is 6.45. The lowest BCUT2D eigenvalue weighted by Gasteiger charge is -2.13. The largest absolute Gasteiger partial charge is 0.416 e. The summed E-state index contributed by atoms with van der Waals surface area (Å²) < 4.78 is 40.2. The zero-order valence-corrected chi connectivity index (χ0v) is 17.9. The second kappa shape index (κ2) is 9.45. The van der Waals surface area contributed by atoms with Crippen molar-refractivity contribution in [3.05, 3.63) is 94.4 Å². The molecule has 0 aliphatic carbocycles. The summed E-state index contributed by atoms with van der Waals surface area (Å²) in [5.74, 6) is -0.684. The minimum absolute atomic E-state index is 0.0326. The Balaban J connectivity index is 1.57. The van der Waals surface area contributed by atoms with Crippen molar-refractivity contribution >= 4 is 34.4 Å². The van der Waals surface area contributed by atoms with Crippen LogP contribution in [0.2, 0.25) is 0 Å². The van der Waals surface area contributed by atoms with E-state index in [1.807, 2.05) is 30.3 Å². The highest BCUT2D eigenvalue weighted by molar-refractivity contribution is 7.99. The number of fused-ring (bicyclic) bond motifs is 1. The Bertz CT molecular complexity index is 1360. The predicted octanol–water partition coefficient (Wildman–Crippen LogP) is 4.59. The molecule has 0 atom stereocenters. The van der Waals surface area contributed by atoms with Crippen molar-refractivity contribution in [2.45, 2.75) is 17.9 Å². The summed E-state index contributed by atoms with van der Waals surface area (Å²) in [6, 6.07) is 17.0. The van der Waals surface area contributed by atoms with Crippen molar-refractivity contribution in [2.75, 3.05) is 11.1 Å². The van der Waals surface area contributed by atoms with E-state index in [1.165, 1.54) is 22.9 Å². The number of pyridine rings is 1. The second-order valence-corrected chi connectivity index (χ2v) is 8.00. The van der Waals surface area contributed by atoms with Crippen LogP contribution >= 0.6 is 11.8 Å². The lowest BCUT2D eigenvalue weighted by molar-refractivity contribution is -0.137. The standard InChI is InChI=1S/C23H17F3N4O2S/c24-23(25,26)16-8-4-9-17(12-16)28-19(31)14-33-22-29-20-18(10-5-11-27-20)21(32)30(22)13-15-6-2-1-3-7-15/h1-12H,13-14H2,(H,28,31). The normalized spacial score (nSPS) is 11.5. The number of hydrogen-bond acceptors (Lipinski definition) is 5. The first-order valence-electron chi connectivity index (χ1n) is 9.80. The molecule has 0 saturated heterocycles. The van der Waals surface area contributed by atoms with Gasteiger partial charge >= 0.3 is 6.18 Å². The van der Waals surface area contributed by atoms with E-state index in [-0.39, 0.29) is 34.3 Å². The van der Waals surface area contributed by atoms with Crippen LogP contribution in [0.4, 0.5) is 18.9 Å². The number of aromatic nitrogens is 3. The molecule has 0 unspecified atom stereocenters. The minimum Gasteiger partial charge on any atom is -0.325 e. The molecule has 0 fully saturated rings. The molecule has 1 amide bonds. The number of rotatable bonds is 6. The van der Waals surface area contributed by atoms with E-state index in [4.69, 9.17) is 0 Å². The minimum atomic E-state index is -4.51. The molecule has 1 N–H and O–H groups in total. The Morgan fingerprint density at radius 2 is 1.82 bits per heavy atom. The average Bonchev–Trinajstić information content (AvgIpc) is 2.80. The Labute approximate surface area is 190 Å².